The van der Waals surface area contributed by atoms with Gasteiger partial charge in [-0.1, -0.05) is 29.8 Å². The molecule has 0 saturated carbocycles. The van der Waals surface area contributed by atoms with Crippen LogP contribution in [0.3, 0.4) is 0 Å². The number of hydrogen-bond acceptors (Lipinski definition) is 3. The van der Waals surface area contributed by atoms with Crippen molar-refractivity contribution in [3.8, 4) is 11.5 Å². The molecule has 0 aliphatic carbocycles. The van der Waals surface area contributed by atoms with E-state index in [9.17, 15) is 0 Å². The monoisotopic (exact) mass is 360 g/mol. The minimum Gasteiger partial charge on any atom is -0.496 e. The van der Waals surface area contributed by atoms with E-state index in [1.54, 1.807) is 13.3 Å². The van der Waals surface area contributed by atoms with E-state index in [1.165, 1.54) is 11.1 Å². The van der Waals surface area contributed by atoms with E-state index in [0.29, 0.717) is 0 Å². The van der Waals surface area contributed by atoms with Gasteiger partial charge in [0, 0.05) is 18.0 Å². The summed E-state index contributed by atoms with van der Waals surface area (Å²) in [5.74, 6) is 1.68. The van der Waals surface area contributed by atoms with Crippen LogP contribution in [0.2, 0.25) is 0 Å². The summed E-state index contributed by atoms with van der Waals surface area (Å²) in [5, 5.41) is 0. The second kappa shape index (κ2) is 6.62. The summed E-state index contributed by atoms with van der Waals surface area (Å²) in [6.45, 7) is 6.19. The van der Waals surface area contributed by atoms with Crippen LogP contribution in [-0.2, 0) is 0 Å². The summed E-state index contributed by atoms with van der Waals surface area (Å²) < 4.78 is 14.1. The highest BCUT2D eigenvalue weighted by molar-refractivity contribution is 5.70. The average molecular weight is 360 g/mol. The Bertz CT molecular complexity index is 970. The summed E-state index contributed by atoms with van der Waals surface area (Å²) in [5.41, 5.74) is 4.15. The van der Waals surface area contributed by atoms with Crippen molar-refractivity contribution in [2.24, 2.45) is 0 Å². The van der Waals surface area contributed by atoms with Crippen LogP contribution < -0.4 is 9.47 Å². The maximum atomic E-state index is 6.12. The van der Waals surface area contributed by atoms with Crippen molar-refractivity contribution in [1.29, 1.82) is 0 Å². The van der Waals surface area contributed by atoms with Crippen LogP contribution in [-0.4, -0.2) is 22.3 Å². The highest BCUT2D eigenvalue weighted by Gasteiger charge is 2.28. The molecule has 1 aliphatic heterocycles. The van der Waals surface area contributed by atoms with E-state index in [2.05, 4.69) is 59.0 Å². The molecule has 1 unspecified atom stereocenters. The van der Waals surface area contributed by atoms with Gasteiger partial charge in [-0.3, -0.25) is 0 Å². The molecule has 0 spiro atoms. The number of nitrogens with zero attached hydrogens (tertiary/aromatic N) is 2. The molecule has 0 fully saturated rings. The molecule has 0 amide bonds. The minimum absolute atomic E-state index is 0.0308. The van der Waals surface area contributed by atoms with Crippen LogP contribution in [0.25, 0.3) is 6.08 Å². The van der Waals surface area contributed by atoms with Crippen molar-refractivity contribution in [3.63, 3.8) is 0 Å². The van der Waals surface area contributed by atoms with Crippen LogP contribution >= 0.6 is 0 Å². The number of fused-ring (bicyclic) bond motifs is 1. The SMILES string of the molecule is COc1c(C(c2ccc(C)cc2)n2ccnc2)ccc2c1C=CC(C)(C)O2. The summed E-state index contributed by atoms with van der Waals surface area (Å²) in [6, 6.07) is 12.7. The van der Waals surface area contributed by atoms with Gasteiger partial charge >= 0.3 is 0 Å². The lowest BCUT2D eigenvalue weighted by atomic mass is 9.92. The Kier molecular flexibility index (Phi) is 4.27. The van der Waals surface area contributed by atoms with Crippen molar-refractivity contribution < 1.29 is 9.47 Å². The van der Waals surface area contributed by atoms with Gasteiger partial charge in [0.25, 0.3) is 0 Å². The van der Waals surface area contributed by atoms with E-state index in [4.69, 9.17) is 9.47 Å². The highest BCUT2D eigenvalue weighted by Crippen LogP contribution is 2.43. The lowest BCUT2D eigenvalue weighted by molar-refractivity contribution is 0.158. The second-order valence-corrected chi connectivity index (χ2v) is 7.46. The Morgan fingerprint density at radius 3 is 2.56 bits per heavy atom. The Morgan fingerprint density at radius 2 is 1.89 bits per heavy atom. The molecular formula is C23H24N2O2. The van der Waals surface area contributed by atoms with Crippen LogP contribution in [0, 0.1) is 6.92 Å². The van der Waals surface area contributed by atoms with E-state index < -0.39 is 0 Å². The number of aromatic nitrogens is 2. The molecular weight excluding hydrogens is 336 g/mol. The van der Waals surface area contributed by atoms with Gasteiger partial charge in [-0.05, 0) is 50.6 Å². The maximum Gasteiger partial charge on any atom is 0.135 e. The molecule has 1 aliphatic rings. The minimum atomic E-state index is -0.319. The number of methoxy groups -OCH3 is 1. The molecule has 0 bridgehead atoms. The molecule has 4 rings (SSSR count). The summed E-state index contributed by atoms with van der Waals surface area (Å²) in [4.78, 5) is 4.26. The quantitative estimate of drug-likeness (QED) is 0.655. The number of ether oxygens (including phenoxy) is 2. The average Bonchev–Trinajstić information content (AvgIpc) is 3.17. The summed E-state index contributed by atoms with van der Waals surface area (Å²) >= 11 is 0. The lowest BCUT2D eigenvalue weighted by Crippen LogP contribution is -2.27. The topological polar surface area (TPSA) is 36.3 Å². The molecule has 27 heavy (non-hydrogen) atoms. The fourth-order valence-corrected chi connectivity index (χ4v) is 3.57. The van der Waals surface area contributed by atoms with Gasteiger partial charge < -0.3 is 14.0 Å². The van der Waals surface area contributed by atoms with Crippen molar-refractivity contribution in [1.82, 2.24) is 9.55 Å². The fraction of sp³-hybridized carbons (Fsp3) is 0.261. The van der Waals surface area contributed by atoms with Gasteiger partial charge in [0.05, 0.1) is 25.0 Å². The standard InChI is InChI=1S/C23H24N2O2/c1-16-5-7-17(8-6-16)21(25-14-13-24-15-25)19-9-10-20-18(22(19)26-4)11-12-23(2,3)27-20/h5-15,21H,1-4H3. The third-order valence-electron chi connectivity index (χ3n) is 4.93. The van der Waals surface area contributed by atoms with Gasteiger partial charge in [0.2, 0.25) is 0 Å². The Hall–Kier alpha value is -3.01. The first-order valence-corrected chi connectivity index (χ1v) is 9.12. The van der Waals surface area contributed by atoms with E-state index in [0.717, 1.165) is 22.6 Å². The molecule has 3 aromatic rings. The van der Waals surface area contributed by atoms with Crippen LogP contribution in [0.1, 0.15) is 42.1 Å². The van der Waals surface area contributed by atoms with Crippen molar-refractivity contribution in [2.75, 3.05) is 7.11 Å². The first-order chi connectivity index (χ1) is 13.0. The second-order valence-electron chi connectivity index (χ2n) is 7.46. The summed E-state index contributed by atoms with van der Waals surface area (Å²) in [6.07, 6.45) is 9.80. The van der Waals surface area contributed by atoms with Crippen LogP contribution in [0.4, 0.5) is 0 Å². The van der Waals surface area contributed by atoms with Crippen molar-refractivity contribution in [2.45, 2.75) is 32.4 Å². The number of aryl methyl sites for hydroxylation is 1. The zero-order chi connectivity index (χ0) is 19.0. The smallest absolute Gasteiger partial charge is 0.135 e. The van der Waals surface area contributed by atoms with Crippen LogP contribution in [0.15, 0.2) is 61.2 Å². The number of benzene rings is 2. The molecule has 0 saturated heterocycles. The van der Waals surface area contributed by atoms with E-state index >= 15 is 0 Å². The third kappa shape index (κ3) is 3.23. The van der Waals surface area contributed by atoms with Crippen LogP contribution in [0.5, 0.6) is 11.5 Å². The first kappa shape index (κ1) is 17.4. The van der Waals surface area contributed by atoms with Gasteiger partial charge in [-0.25, -0.2) is 4.98 Å². The predicted molar refractivity (Wildman–Crippen MR) is 107 cm³/mol. The van der Waals surface area contributed by atoms with Gasteiger partial charge in [0.1, 0.15) is 17.1 Å². The Balaban J connectivity index is 1.90. The molecule has 2 aromatic carbocycles. The Morgan fingerprint density at radius 1 is 1.11 bits per heavy atom. The molecule has 2 heterocycles. The molecule has 4 nitrogen and oxygen atoms in total. The zero-order valence-electron chi connectivity index (χ0n) is 16.1. The lowest BCUT2D eigenvalue weighted by Gasteiger charge is -2.30. The van der Waals surface area contributed by atoms with Gasteiger partial charge in [-0.15, -0.1) is 0 Å². The maximum absolute atomic E-state index is 6.12. The Labute approximate surface area is 160 Å². The normalized spacial score (nSPS) is 15.7. The van der Waals surface area contributed by atoms with E-state index in [-0.39, 0.29) is 11.6 Å². The molecule has 0 radical (unpaired) electrons. The predicted octanol–water partition coefficient (Wildman–Crippen LogP) is 5.02. The molecule has 1 aromatic heterocycles. The molecule has 4 heteroatoms. The first-order valence-electron chi connectivity index (χ1n) is 9.12. The number of hydrogen-bond donors (Lipinski definition) is 0. The fourth-order valence-electron chi connectivity index (χ4n) is 3.57. The largest absolute Gasteiger partial charge is 0.496 e. The zero-order valence-corrected chi connectivity index (χ0v) is 16.1. The van der Waals surface area contributed by atoms with Gasteiger partial charge in [-0.2, -0.15) is 0 Å². The van der Waals surface area contributed by atoms with Gasteiger partial charge in [0.15, 0.2) is 0 Å². The van der Waals surface area contributed by atoms with Crippen molar-refractivity contribution >= 4 is 6.08 Å². The highest BCUT2D eigenvalue weighted by atomic mass is 16.5. The van der Waals surface area contributed by atoms with Crippen molar-refractivity contribution in [3.05, 3.63) is 83.4 Å². The molecule has 0 N–H and O–H groups in total. The third-order valence-corrected chi connectivity index (χ3v) is 4.93. The molecule has 138 valence electrons. The summed E-state index contributed by atoms with van der Waals surface area (Å²) in [7, 11) is 1.72. The number of imidazole rings is 1. The molecule has 1 atom stereocenters. The van der Waals surface area contributed by atoms with E-state index in [1.807, 2.05) is 32.4 Å². The number of rotatable bonds is 4.